The predicted molar refractivity (Wildman–Crippen MR) is 126 cm³/mol. The van der Waals surface area contributed by atoms with Crippen LogP contribution in [0.5, 0.6) is 0 Å². The maximum Gasteiger partial charge on any atom is 0.174 e. The third kappa shape index (κ3) is 4.15. The third-order valence-electron chi connectivity index (χ3n) is 5.69. The van der Waals surface area contributed by atoms with Gasteiger partial charge < -0.3 is 9.05 Å². The average Bonchev–Trinajstić information content (AvgIpc) is 3.42. The zero-order chi connectivity index (χ0) is 24.7. The molecule has 0 spiro atoms. The van der Waals surface area contributed by atoms with Crippen LogP contribution in [0.2, 0.25) is 0 Å². The van der Waals surface area contributed by atoms with Crippen LogP contribution in [0.4, 0.5) is 8.78 Å². The highest BCUT2D eigenvalue weighted by atomic mass is 32.2. The molecule has 2 heterocycles. The normalized spacial score (nSPS) is 11.3. The number of halogens is 2. The molecule has 176 valence electrons. The fourth-order valence-electron chi connectivity index (χ4n) is 4.04. The van der Waals surface area contributed by atoms with E-state index in [0.717, 1.165) is 0 Å². The quantitative estimate of drug-likeness (QED) is 0.294. The van der Waals surface area contributed by atoms with Crippen LogP contribution < -0.4 is 0 Å². The van der Waals surface area contributed by atoms with Crippen LogP contribution >= 0.6 is 0 Å². The lowest BCUT2D eigenvalue weighted by Crippen LogP contribution is -1.93. The third-order valence-corrected chi connectivity index (χ3v) is 6.47. The van der Waals surface area contributed by atoms with Crippen LogP contribution in [0.25, 0.3) is 44.9 Å². The van der Waals surface area contributed by atoms with Gasteiger partial charge in [0.05, 0.1) is 27.4 Å². The first-order valence-electron chi connectivity index (χ1n) is 10.6. The van der Waals surface area contributed by atoms with E-state index in [1.54, 1.807) is 38.1 Å². The highest BCUT2D eigenvalue weighted by molar-refractivity contribution is 7.72. The van der Waals surface area contributed by atoms with Crippen molar-refractivity contribution < 1.29 is 26.2 Å². The minimum absolute atomic E-state index is 0.0795. The van der Waals surface area contributed by atoms with E-state index in [-0.39, 0.29) is 10.7 Å². The zero-order valence-corrected chi connectivity index (χ0v) is 19.5. The molecule has 0 aliphatic rings. The summed E-state index contributed by atoms with van der Waals surface area (Å²) in [5.74, 6) is -0.0474. The van der Waals surface area contributed by atoms with Crippen molar-refractivity contribution in [1.82, 2.24) is 10.3 Å². The Labute approximate surface area is 200 Å². The van der Waals surface area contributed by atoms with Gasteiger partial charge in [0.2, 0.25) is 0 Å². The number of aryl methyl sites for hydroxylation is 2. The van der Waals surface area contributed by atoms with Crippen LogP contribution in [-0.2, 0) is 10.7 Å². The topological polar surface area (TPSA) is 86.2 Å². The number of aromatic nitrogens is 2. The molecule has 0 saturated heterocycles. The standard InChI is InChI=1S/C26H18F2N2O4S/c1-14-23(25(33-29-14)16-3-8-19(27)9-4-16)18-7-12-22(35(31)32)21(13-18)24-15(2)30-34-26(24)17-5-10-20(28)11-6-17/h3-13,35H,1-2H3. The highest BCUT2D eigenvalue weighted by Crippen LogP contribution is 2.41. The van der Waals surface area contributed by atoms with E-state index < -0.39 is 16.5 Å². The van der Waals surface area contributed by atoms with Crippen molar-refractivity contribution in [2.45, 2.75) is 18.7 Å². The van der Waals surface area contributed by atoms with E-state index in [1.165, 1.54) is 42.5 Å². The Morgan fingerprint density at radius 3 is 1.63 bits per heavy atom. The summed E-state index contributed by atoms with van der Waals surface area (Å²) in [6.45, 7) is 3.47. The van der Waals surface area contributed by atoms with Gasteiger partial charge in [-0.2, -0.15) is 0 Å². The van der Waals surface area contributed by atoms with Gasteiger partial charge in [0.1, 0.15) is 11.6 Å². The maximum absolute atomic E-state index is 13.5. The minimum Gasteiger partial charge on any atom is -0.355 e. The Kier molecular flexibility index (Phi) is 5.78. The van der Waals surface area contributed by atoms with Gasteiger partial charge in [-0.05, 0) is 80.1 Å². The van der Waals surface area contributed by atoms with Crippen molar-refractivity contribution in [3.63, 3.8) is 0 Å². The Balaban J connectivity index is 1.73. The van der Waals surface area contributed by atoms with Gasteiger partial charge in [-0.25, -0.2) is 17.2 Å². The first kappa shape index (κ1) is 22.7. The van der Waals surface area contributed by atoms with E-state index in [4.69, 9.17) is 9.05 Å². The van der Waals surface area contributed by atoms with Gasteiger partial charge in [-0.15, -0.1) is 0 Å². The summed E-state index contributed by atoms with van der Waals surface area (Å²) < 4.78 is 62.4. The molecular weight excluding hydrogens is 474 g/mol. The molecule has 0 atom stereocenters. The Hall–Kier alpha value is -4.11. The van der Waals surface area contributed by atoms with Gasteiger partial charge in [0.15, 0.2) is 22.2 Å². The number of benzene rings is 3. The lowest BCUT2D eigenvalue weighted by Gasteiger charge is -2.10. The zero-order valence-electron chi connectivity index (χ0n) is 18.6. The Morgan fingerprint density at radius 2 is 1.11 bits per heavy atom. The van der Waals surface area contributed by atoms with Gasteiger partial charge >= 0.3 is 0 Å². The molecule has 0 fully saturated rings. The Bertz CT molecular complexity index is 1610. The summed E-state index contributed by atoms with van der Waals surface area (Å²) in [7, 11) is -2.96. The molecule has 35 heavy (non-hydrogen) atoms. The molecule has 3 aromatic carbocycles. The Morgan fingerprint density at radius 1 is 0.657 bits per heavy atom. The number of rotatable bonds is 5. The first-order chi connectivity index (χ1) is 16.8. The molecule has 0 aliphatic carbocycles. The summed E-state index contributed by atoms with van der Waals surface area (Å²) in [4.78, 5) is 0.0795. The van der Waals surface area contributed by atoms with Crippen molar-refractivity contribution >= 4 is 10.7 Å². The molecular formula is C26H18F2N2O4S. The predicted octanol–water partition coefficient (Wildman–Crippen LogP) is 6.20. The molecule has 0 radical (unpaired) electrons. The lowest BCUT2D eigenvalue weighted by molar-refractivity contribution is 0.427. The minimum atomic E-state index is -2.96. The van der Waals surface area contributed by atoms with Gasteiger partial charge in [-0.1, -0.05) is 16.4 Å². The number of nitrogens with zero attached hydrogens (tertiary/aromatic N) is 2. The number of thiol groups is 1. The lowest BCUT2D eigenvalue weighted by atomic mass is 9.94. The van der Waals surface area contributed by atoms with Crippen LogP contribution in [0.15, 0.2) is 80.7 Å². The van der Waals surface area contributed by atoms with Crippen molar-refractivity contribution in [3.05, 3.63) is 89.8 Å². The molecule has 0 saturated carbocycles. The van der Waals surface area contributed by atoms with E-state index >= 15 is 0 Å². The molecule has 2 aromatic heterocycles. The summed E-state index contributed by atoms with van der Waals surface area (Å²) in [5, 5.41) is 8.12. The van der Waals surface area contributed by atoms with E-state index in [2.05, 4.69) is 10.3 Å². The summed E-state index contributed by atoms with van der Waals surface area (Å²) in [6, 6.07) is 16.3. The van der Waals surface area contributed by atoms with E-state index in [1.807, 2.05) is 0 Å². The number of hydrogen-bond donors (Lipinski definition) is 1. The molecule has 0 unspecified atom stereocenters. The van der Waals surface area contributed by atoms with Crippen molar-refractivity contribution in [1.29, 1.82) is 0 Å². The van der Waals surface area contributed by atoms with Crippen LogP contribution in [-0.4, -0.2) is 18.7 Å². The fourth-order valence-corrected chi connectivity index (χ4v) is 4.61. The highest BCUT2D eigenvalue weighted by Gasteiger charge is 2.24. The second-order valence-electron chi connectivity index (χ2n) is 7.95. The molecule has 0 amide bonds. The summed E-state index contributed by atoms with van der Waals surface area (Å²) >= 11 is 0. The molecule has 0 aliphatic heterocycles. The molecule has 5 rings (SSSR count). The van der Waals surface area contributed by atoms with E-state index in [0.29, 0.717) is 56.3 Å². The van der Waals surface area contributed by atoms with E-state index in [9.17, 15) is 17.2 Å². The molecule has 0 N–H and O–H groups in total. The van der Waals surface area contributed by atoms with Gasteiger partial charge in [0.25, 0.3) is 0 Å². The summed E-state index contributed by atoms with van der Waals surface area (Å²) in [5.41, 5.74) is 4.36. The molecule has 0 bridgehead atoms. The smallest absolute Gasteiger partial charge is 0.174 e. The second-order valence-corrected chi connectivity index (χ2v) is 8.94. The second kappa shape index (κ2) is 8.92. The molecule has 5 aromatic rings. The molecule has 6 nitrogen and oxygen atoms in total. The average molecular weight is 493 g/mol. The largest absolute Gasteiger partial charge is 0.355 e. The van der Waals surface area contributed by atoms with Crippen molar-refractivity contribution in [3.8, 4) is 44.9 Å². The van der Waals surface area contributed by atoms with Gasteiger partial charge in [-0.3, -0.25) is 0 Å². The van der Waals surface area contributed by atoms with Crippen LogP contribution in [0, 0.1) is 25.5 Å². The van der Waals surface area contributed by atoms with Gasteiger partial charge in [0, 0.05) is 16.7 Å². The maximum atomic E-state index is 13.5. The van der Waals surface area contributed by atoms with Crippen LogP contribution in [0.1, 0.15) is 11.4 Å². The number of hydrogen-bond acceptors (Lipinski definition) is 6. The first-order valence-corrected chi connectivity index (χ1v) is 11.7. The van der Waals surface area contributed by atoms with Crippen molar-refractivity contribution in [2.24, 2.45) is 0 Å². The SMILES string of the molecule is Cc1noc(-c2ccc(F)cc2)c1-c1ccc([SH](=O)=O)c(-c2c(C)noc2-c2ccc(F)cc2)c1. The fraction of sp³-hybridized carbons (Fsp3) is 0.0769. The van der Waals surface area contributed by atoms with Crippen LogP contribution in [0.3, 0.4) is 0 Å². The van der Waals surface area contributed by atoms with Crippen molar-refractivity contribution in [2.75, 3.05) is 0 Å². The molecule has 9 heteroatoms. The summed E-state index contributed by atoms with van der Waals surface area (Å²) in [6.07, 6.45) is 0. The monoisotopic (exact) mass is 492 g/mol.